The first kappa shape index (κ1) is 28.8. The van der Waals surface area contributed by atoms with Crippen LogP contribution in [0.4, 0.5) is 5.69 Å². The number of phenols is 1. The van der Waals surface area contributed by atoms with E-state index < -0.39 is 64.0 Å². The van der Waals surface area contributed by atoms with Crippen LogP contribution in [-0.4, -0.2) is 93.7 Å². The van der Waals surface area contributed by atoms with Gasteiger partial charge in [-0.25, -0.2) is 4.79 Å². The fourth-order valence-corrected chi connectivity index (χ4v) is 6.70. The number of hydrogen-bond acceptors (Lipinski definition) is 10. The van der Waals surface area contributed by atoms with Crippen LogP contribution in [0.5, 0.6) is 5.75 Å². The maximum Gasteiger partial charge on any atom is 0.335 e. The van der Waals surface area contributed by atoms with Gasteiger partial charge in [-0.3, -0.25) is 19.3 Å². The van der Waals surface area contributed by atoms with Crippen LogP contribution < -0.4 is 10.6 Å². The molecule has 0 spiro atoms. The number of fused-ring (bicyclic) bond motifs is 3. The minimum absolute atomic E-state index is 0.0161. The number of ketones is 2. The van der Waals surface area contributed by atoms with Gasteiger partial charge in [0.25, 0.3) is 5.91 Å². The lowest BCUT2D eigenvalue weighted by molar-refractivity contribution is -0.153. The number of nitrogens with two attached hydrogens (primary N) is 1. The molecule has 12 heteroatoms. The monoisotopic (exact) mass is 577 g/mol. The molecule has 0 radical (unpaired) electrons. The van der Waals surface area contributed by atoms with Gasteiger partial charge in [0.2, 0.25) is 5.78 Å². The quantitative estimate of drug-likeness (QED) is 0.280. The van der Waals surface area contributed by atoms with E-state index in [0.29, 0.717) is 16.8 Å². The summed E-state index contributed by atoms with van der Waals surface area (Å²) in [6.07, 6.45) is 0.131. The lowest BCUT2D eigenvalue weighted by Gasteiger charge is -2.50. The van der Waals surface area contributed by atoms with E-state index in [2.05, 4.69) is 0 Å². The van der Waals surface area contributed by atoms with Gasteiger partial charge in [-0.05, 0) is 62.2 Å². The summed E-state index contributed by atoms with van der Waals surface area (Å²) >= 11 is 0. The molecule has 5 rings (SSSR count). The second kappa shape index (κ2) is 9.71. The molecule has 1 fully saturated rings. The van der Waals surface area contributed by atoms with E-state index >= 15 is 0 Å². The summed E-state index contributed by atoms with van der Waals surface area (Å²) in [5.74, 6) is -8.32. The number of likely N-dealkylation sites (N-methyl/N-ethyl adjacent to an activating group) is 1. The molecule has 0 aliphatic heterocycles. The van der Waals surface area contributed by atoms with Crippen LogP contribution in [-0.2, 0) is 20.8 Å². The van der Waals surface area contributed by atoms with Gasteiger partial charge in [0.15, 0.2) is 11.4 Å². The van der Waals surface area contributed by atoms with Crippen molar-refractivity contribution in [2.75, 3.05) is 33.1 Å². The summed E-state index contributed by atoms with van der Waals surface area (Å²) in [6.45, 7) is 0. The molecule has 0 heterocycles. The number of aromatic hydroxyl groups is 1. The van der Waals surface area contributed by atoms with E-state index in [0.717, 1.165) is 0 Å². The highest BCUT2D eigenvalue weighted by molar-refractivity contribution is 6.24. The van der Waals surface area contributed by atoms with Gasteiger partial charge in [-0.2, -0.15) is 0 Å². The Bertz CT molecular complexity index is 1640. The molecule has 7 N–H and O–H groups in total. The van der Waals surface area contributed by atoms with E-state index in [-0.39, 0.29) is 40.9 Å². The number of phenolic OH excluding ortho intramolecular Hbond substituents is 1. The van der Waals surface area contributed by atoms with Crippen molar-refractivity contribution >= 4 is 34.9 Å². The fraction of sp³-hybridized carbons (Fsp3) is 0.333. The zero-order valence-electron chi connectivity index (χ0n) is 23.4. The summed E-state index contributed by atoms with van der Waals surface area (Å²) in [6, 6.07) is 6.29. The molecule has 220 valence electrons. The number of rotatable bonds is 5. The molecule has 0 saturated heterocycles. The Hall–Kier alpha value is -4.68. The number of nitrogens with zero attached hydrogens (tertiary/aromatic N) is 2. The van der Waals surface area contributed by atoms with Crippen molar-refractivity contribution in [1.29, 1.82) is 0 Å². The molecule has 4 unspecified atom stereocenters. The Morgan fingerprint density at radius 1 is 1.02 bits per heavy atom. The molecule has 42 heavy (non-hydrogen) atoms. The van der Waals surface area contributed by atoms with Gasteiger partial charge in [0.05, 0.1) is 17.2 Å². The fourth-order valence-electron chi connectivity index (χ4n) is 6.70. The number of benzene rings is 2. The third kappa shape index (κ3) is 3.90. The van der Waals surface area contributed by atoms with Crippen molar-refractivity contribution in [1.82, 2.24) is 4.90 Å². The average Bonchev–Trinajstić information content (AvgIpc) is 2.90. The van der Waals surface area contributed by atoms with E-state index in [1.807, 2.05) is 0 Å². The van der Waals surface area contributed by atoms with Crippen LogP contribution in [0.3, 0.4) is 0 Å². The van der Waals surface area contributed by atoms with E-state index in [1.54, 1.807) is 39.2 Å². The number of anilines is 1. The Balaban J connectivity index is 1.75. The summed E-state index contributed by atoms with van der Waals surface area (Å²) in [4.78, 5) is 54.0. The second-order valence-electron chi connectivity index (χ2n) is 11.4. The predicted octanol–water partition coefficient (Wildman–Crippen LogP) is 1.40. The number of hydrogen-bond donors (Lipinski definition) is 6. The number of aromatic carboxylic acids is 1. The van der Waals surface area contributed by atoms with Crippen molar-refractivity contribution in [3.05, 3.63) is 63.9 Å². The van der Waals surface area contributed by atoms with Gasteiger partial charge in [0.1, 0.15) is 22.8 Å². The first-order valence-corrected chi connectivity index (χ1v) is 13.2. The molecule has 1 saturated carbocycles. The SMILES string of the molecule is CN(C)c1cc(-c2ccc(C(=O)O)cc2)c(O)c2c1CC1CC3C(N(C)C)C(=O)C(C(N)=O)=C(O)C3(O)C(=O)C1=C2O. The number of aliphatic hydroxyl groups excluding tert-OH is 2. The topological polar surface area (TPSA) is 202 Å². The number of amides is 1. The van der Waals surface area contributed by atoms with Gasteiger partial charge < -0.3 is 36.2 Å². The minimum atomic E-state index is -2.73. The average molecular weight is 578 g/mol. The largest absolute Gasteiger partial charge is 0.508 e. The molecular formula is C30H31N3O9. The maximum absolute atomic E-state index is 14.1. The Kier molecular flexibility index (Phi) is 6.66. The third-order valence-electron chi connectivity index (χ3n) is 8.62. The van der Waals surface area contributed by atoms with E-state index in [9.17, 15) is 44.7 Å². The molecule has 3 aliphatic rings. The van der Waals surface area contributed by atoms with Gasteiger partial charge in [-0.1, -0.05) is 12.1 Å². The molecular weight excluding hydrogens is 546 g/mol. The molecule has 12 nitrogen and oxygen atoms in total. The zero-order chi connectivity index (χ0) is 31.0. The number of Topliss-reactive ketones (excluding diaryl/α,β-unsaturated/α-hetero) is 2. The van der Waals surface area contributed by atoms with E-state index in [4.69, 9.17) is 5.73 Å². The van der Waals surface area contributed by atoms with Crippen LogP contribution in [0.2, 0.25) is 0 Å². The van der Waals surface area contributed by atoms with Crippen molar-refractivity contribution in [3.8, 4) is 16.9 Å². The smallest absolute Gasteiger partial charge is 0.335 e. The van der Waals surface area contributed by atoms with Crippen molar-refractivity contribution < 1.29 is 44.7 Å². The van der Waals surface area contributed by atoms with E-state index in [1.165, 1.54) is 29.2 Å². The maximum atomic E-state index is 14.1. The Morgan fingerprint density at radius 2 is 1.64 bits per heavy atom. The predicted molar refractivity (Wildman–Crippen MR) is 151 cm³/mol. The first-order chi connectivity index (χ1) is 19.6. The normalized spacial score (nSPS) is 25.2. The summed E-state index contributed by atoms with van der Waals surface area (Å²) < 4.78 is 0. The number of primary amides is 1. The lowest BCUT2D eigenvalue weighted by Crippen LogP contribution is -2.65. The van der Waals surface area contributed by atoms with Crippen LogP contribution in [0.15, 0.2) is 47.2 Å². The Morgan fingerprint density at radius 3 is 2.17 bits per heavy atom. The van der Waals surface area contributed by atoms with Gasteiger partial charge in [-0.15, -0.1) is 0 Å². The number of aliphatic hydroxyl groups is 3. The summed E-state index contributed by atoms with van der Waals surface area (Å²) in [5, 5.41) is 55.1. The zero-order valence-corrected chi connectivity index (χ0v) is 23.4. The van der Waals surface area contributed by atoms with Crippen LogP contribution in [0, 0.1) is 11.8 Å². The summed E-state index contributed by atoms with van der Waals surface area (Å²) in [7, 11) is 6.61. The van der Waals surface area contributed by atoms with Crippen LogP contribution >= 0.6 is 0 Å². The molecule has 2 aromatic rings. The highest BCUT2D eigenvalue weighted by atomic mass is 16.4. The second-order valence-corrected chi connectivity index (χ2v) is 11.4. The van der Waals surface area contributed by atoms with Crippen LogP contribution in [0.25, 0.3) is 16.9 Å². The molecule has 0 bridgehead atoms. The number of carbonyl (C=O) groups excluding carboxylic acids is 3. The van der Waals surface area contributed by atoms with Gasteiger partial charge >= 0.3 is 5.97 Å². The summed E-state index contributed by atoms with van der Waals surface area (Å²) in [5.41, 5.74) is 3.36. The molecule has 4 atom stereocenters. The first-order valence-electron chi connectivity index (χ1n) is 13.2. The molecule has 2 aromatic carbocycles. The van der Waals surface area contributed by atoms with Crippen LogP contribution in [0.1, 0.15) is 27.9 Å². The number of carbonyl (C=O) groups is 4. The standard InChI is InChI=1S/C30H31N3O9/c1-32(2)18-11-15(12-5-7-13(8-6-12)29(40)41)23(34)20-16(18)9-14-10-17-22(33(3)4)25(36)21(28(31)39)27(38)30(17,42)26(37)19(14)24(20)35/h5-8,11,14,17,22,34-35,38,42H,9-10H2,1-4H3,(H2,31,39)(H,40,41). The van der Waals surface area contributed by atoms with Gasteiger partial charge in [0, 0.05) is 36.8 Å². The molecule has 1 amide bonds. The highest BCUT2D eigenvalue weighted by Crippen LogP contribution is 2.54. The van der Waals surface area contributed by atoms with Crippen molar-refractivity contribution in [2.45, 2.75) is 24.5 Å². The van der Waals surface area contributed by atoms with Crippen molar-refractivity contribution in [3.63, 3.8) is 0 Å². The third-order valence-corrected chi connectivity index (χ3v) is 8.62. The Labute approximate surface area is 240 Å². The number of carboxylic acids is 1. The molecule has 0 aromatic heterocycles. The number of carboxylic acid groups (broad SMARTS) is 1. The highest BCUT2D eigenvalue weighted by Gasteiger charge is 2.64. The molecule has 3 aliphatic carbocycles. The lowest BCUT2D eigenvalue weighted by atomic mass is 9.57. The minimum Gasteiger partial charge on any atom is -0.508 e. The van der Waals surface area contributed by atoms with Crippen molar-refractivity contribution in [2.24, 2.45) is 17.6 Å².